The fourth-order valence-corrected chi connectivity index (χ4v) is 3.35. The summed E-state index contributed by atoms with van der Waals surface area (Å²) in [5.74, 6) is -2.38. The third-order valence-corrected chi connectivity index (χ3v) is 5.11. The molecule has 2 atom stereocenters. The molecule has 3 N–H and O–H groups in total. The smallest absolute Gasteiger partial charge is 0.415 e. The molecule has 160 valence electrons. The fourth-order valence-electron chi connectivity index (χ4n) is 3.35. The van der Waals surface area contributed by atoms with Crippen LogP contribution in [0, 0.1) is 0 Å². The number of hydrogen-bond donors (Lipinski definition) is 2. The largest absolute Gasteiger partial charge is 0.491 e. The molecule has 9 nitrogen and oxygen atoms in total. The van der Waals surface area contributed by atoms with Gasteiger partial charge < -0.3 is 25.1 Å². The molecular weight excluding hydrogens is 400 g/mol. The Labute approximate surface area is 170 Å². The summed E-state index contributed by atoms with van der Waals surface area (Å²) in [5, 5.41) is 2.98. The number of alkyl halides is 2. The van der Waals surface area contributed by atoms with Crippen LogP contribution in [0.15, 0.2) is 24.4 Å². The van der Waals surface area contributed by atoms with Crippen LogP contribution < -0.4 is 20.7 Å². The molecule has 0 radical (unpaired) electrons. The average molecular weight is 421 g/mol. The quantitative estimate of drug-likeness (QED) is 0.766. The molecule has 4 rings (SSSR count). The highest BCUT2D eigenvalue weighted by atomic mass is 19.3. The van der Waals surface area contributed by atoms with Crippen molar-refractivity contribution >= 4 is 23.5 Å². The molecular formula is C19H21F2N5O4. The number of nitrogens with two attached hydrogens (primary N) is 1. The first kappa shape index (κ1) is 19.9. The third kappa shape index (κ3) is 3.51. The maximum atomic E-state index is 13.7. The number of amides is 2. The lowest BCUT2D eigenvalue weighted by molar-refractivity contribution is -0.118. The van der Waals surface area contributed by atoms with Crippen LogP contribution in [0.3, 0.4) is 0 Å². The molecule has 1 fully saturated rings. The summed E-state index contributed by atoms with van der Waals surface area (Å²) in [4.78, 5) is 28.8. The minimum Gasteiger partial charge on any atom is -0.491 e. The lowest BCUT2D eigenvalue weighted by atomic mass is 10.1. The molecule has 1 aliphatic carbocycles. The summed E-state index contributed by atoms with van der Waals surface area (Å²) in [6.07, 6.45) is 0.222. The van der Waals surface area contributed by atoms with Crippen LogP contribution in [0.5, 0.6) is 5.75 Å². The number of methoxy groups -OCH3 is 1. The van der Waals surface area contributed by atoms with Crippen molar-refractivity contribution in [2.75, 3.05) is 23.9 Å². The molecule has 1 aromatic heterocycles. The number of rotatable bonds is 5. The SMILES string of the molecule is COC(=O)N(c1cn2c(n1)-c1ccc(N[C@@H](C)C(N)=O)cc1OCC2)[C@H]1CC1(F)F. The summed E-state index contributed by atoms with van der Waals surface area (Å²) in [5.41, 5.74) is 6.55. The molecule has 0 spiro atoms. The molecule has 2 aromatic rings. The van der Waals surface area contributed by atoms with Gasteiger partial charge in [-0.2, -0.15) is 0 Å². The normalized spacial score (nSPS) is 19.4. The zero-order chi connectivity index (χ0) is 21.6. The number of imidazole rings is 1. The number of carbonyl (C=O) groups excluding carboxylic acids is 2. The van der Waals surface area contributed by atoms with E-state index in [0.717, 1.165) is 12.0 Å². The van der Waals surface area contributed by atoms with Gasteiger partial charge in [-0.1, -0.05) is 0 Å². The predicted molar refractivity (Wildman–Crippen MR) is 104 cm³/mol. The zero-order valence-corrected chi connectivity index (χ0v) is 16.4. The lowest BCUT2D eigenvalue weighted by Gasteiger charge is -2.18. The minimum atomic E-state index is -2.96. The van der Waals surface area contributed by atoms with E-state index in [1.54, 1.807) is 35.9 Å². The van der Waals surface area contributed by atoms with Gasteiger partial charge in [0.1, 0.15) is 30.3 Å². The summed E-state index contributed by atoms with van der Waals surface area (Å²) in [6.45, 7) is 2.36. The van der Waals surface area contributed by atoms with Crippen LogP contribution in [0.1, 0.15) is 13.3 Å². The maximum absolute atomic E-state index is 13.7. The Morgan fingerprint density at radius 1 is 1.47 bits per heavy atom. The van der Waals surface area contributed by atoms with Gasteiger partial charge in [-0.3, -0.25) is 9.69 Å². The number of fused-ring (bicyclic) bond motifs is 3. The lowest BCUT2D eigenvalue weighted by Crippen LogP contribution is -2.36. The fraction of sp³-hybridized carbons (Fsp3) is 0.421. The molecule has 1 aliphatic heterocycles. The van der Waals surface area contributed by atoms with Gasteiger partial charge in [0.15, 0.2) is 5.82 Å². The first-order valence-electron chi connectivity index (χ1n) is 9.36. The summed E-state index contributed by atoms with van der Waals surface area (Å²) in [6, 6.07) is 3.34. The number of benzene rings is 1. The van der Waals surface area contributed by atoms with Gasteiger partial charge in [-0.25, -0.2) is 18.6 Å². The highest BCUT2D eigenvalue weighted by molar-refractivity contribution is 5.89. The van der Waals surface area contributed by atoms with E-state index in [4.69, 9.17) is 15.2 Å². The van der Waals surface area contributed by atoms with E-state index in [2.05, 4.69) is 10.3 Å². The summed E-state index contributed by atoms with van der Waals surface area (Å²) >= 11 is 0. The van der Waals surface area contributed by atoms with Crippen molar-refractivity contribution in [3.05, 3.63) is 24.4 Å². The van der Waals surface area contributed by atoms with E-state index < -0.39 is 36.4 Å². The molecule has 0 unspecified atom stereocenters. The Kier molecular flexibility index (Phi) is 4.75. The van der Waals surface area contributed by atoms with Crippen LogP contribution in [0.25, 0.3) is 11.4 Å². The van der Waals surface area contributed by atoms with E-state index in [1.165, 1.54) is 0 Å². The number of anilines is 2. The monoisotopic (exact) mass is 421 g/mol. The van der Waals surface area contributed by atoms with Crippen LogP contribution in [-0.4, -0.2) is 53.3 Å². The number of primary amides is 1. The first-order chi connectivity index (χ1) is 14.2. The number of carbonyl (C=O) groups is 2. The van der Waals surface area contributed by atoms with Crippen molar-refractivity contribution in [3.63, 3.8) is 0 Å². The highest BCUT2D eigenvalue weighted by Crippen LogP contribution is 2.47. The second-order valence-corrected chi connectivity index (χ2v) is 7.26. The van der Waals surface area contributed by atoms with Gasteiger partial charge >= 0.3 is 6.09 Å². The minimum absolute atomic E-state index is 0.0939. The molecule has 2 aliphatic rings. The van der Waals surface area contributed by atoms with E-state index in [9.17, 15) is 18.4 Å². The Morgan fingerprint density at radius 2 is 2.20 bits per heavy atom. The summed E-state index contributed by atoms with van der Waals surface area (Å²) < 4.78 is 39.6. The van der Waals surface area contributed by atoms with Crippen molar-refractivity contribution in [1.82, 2.24) is 9.55 Å². The number of aromatic nitrogens is 2. The highest BCUT2D eigenvalue weighted by Gasteiger charge is 2.62. The Hall–Kier alpha value is -3.37. The average Bonchev–Trinajstić information content (AvgIpc) is 3.18. The van der Waals surface area contributed by atoms with E-state index >= 15 is 0 Å². The van der Waals surface area contributed by atoms with Crippen LogP contribution in [-0.2, 0) is 16.1 Å². The second kappa shape index (κ2) is 7.15. The maximum Gasteiger partial charge on any atom is 0.415 e. The van der Waals surface area contributed by atoms with Crippen LogP contribution in [0.2, 0.25) is 0 Å². The van der Waals surface area contributed by atoms with Crippen LogP contribution in [0.4, 0.5) is 25.1 Å². The molecule has 1 aromatic carbocycles. The van der Waals surface area contributed by atoms with E-state index in [-0.39, 0.29) is 5.82 Å². The van der Waals surface area contributed by atoms with Gasteiger partial charge in [0.25, 0.3) is 5.92 Å². The van der Waals surface area contributed by atoms with Gasteiger partial charge in [0, 0.05) is 24.4 Å². The van der Waals surface area contributed by atoms with E-state index in [0.29, 0.717) is 36.0 Å². The Balaban J connectivity index is 1.69. The molecule has 2 heterocycles. The Morgan fingerprint density at radius 3 is 2.83 bits per heavy atom. The number of ether oxygens (including phenoxy) is 2. The van der Waals surface area contributed by atoms with Crippen molar-refractivity contribution in [1.29, 1.82) is 0 Å². The van der Waals surface area contributed by atoms with Crippen LogP contribution >= 0.6 is 0 Å². The number of hydrogen-bond acceptors (Lipinski definition) is 6. The van der Waals surface area contributed by atoms with Gasteiger partial charge in [0.05, 0.1) is 19.2 Å². The van der Waals surface area contributed by atoms with E-state index in [1.807, 2.05) is 0 Å². The topological polar surface area (TPSA) is 112 Å². The standard InChI is InChI=1S/C19H21F2N5O4/c1-10(16(22)27)23-11-3-4-12-13(7-11)30-6-5-25-9-15(24-17(12)25)26(18(28)29-2)14-8-19(14,20)21/h3-4,7,9-10,14,23H,5-6,8H2,1-2H3,(H2,22,27)/t10-,14-/m0/s1. The molecule has 0 bridgehead atoms. The van der Waals surface area contributed by atoms with Crippen molar-refractivity contribution in [3.8, 4) is 17.1 Å². The zero-order valence-electron chi connectivity index (χ0n) is 16.4. The van der Waals surface area contributed by atoms with Crippen molar-refractivity contribution < 1.29 is 27.8 Å². The molecule has 11 heteroatoms. The van der Waals surface area contributed by atoms with Gasteiger partial charge in [-0.15, -0.1) is 0 Å². The second-order valence-electron chi connectivity index (χ2n) is 7.26. The van der Waals surface area contributed by atoms with Gasteiger partial charge in [-0.05, 0) is 19.1 Å². The number of nitrogens with one attached hydrogen (secondary N) is 1. The van der Waals surface area contributed by atoms with Crippen molar-refractivity contribution in [2.24, 2.45) is 5.73 Å². The molecule has 1 saturated carbocycles. The number of halogens is 2. The number of nitrogens with zero attached hydrogens (tertiary/aromatic N) is 3. The predicted octanol–water partition coefficient (Wildman–Crippen LogP) is 2.21. The molecule has 30 heavy (non-hydrogen) atoms. The summed E-state index contributed by atoms with van der Waals surface area (Å²) in [7, 11) is 1.14. The Bertz CT molecular complexity index is 1010. The third-order valence-electron chi connectivity index (χ3n) is 5.11. The van der Waals surface area contributed by atoms with Crippen molar-refractivity contribution in [2.45, 2.75) is 37.9 Å². The van der Waals surface area contributed by atoms with Gasteiger partial charge in [0.2, 0.25) is 5.91 Å². The molecule has 0 saturated heterocycles. The first-order valence-corrected chi connectivity index (χ1v) is 9.36. The molecule has 2 amide bonds.